The largest absolute Gasteiger partial charge is 0.360 e. The Morgan fingerprint density at radius 3 is 2.71 bits per heavy atom. The summed E-state index contributed by atoms with van der Waals surface area (Å²) in [5, 5.41) is 8.52. The summed E-state index contributed by atoms with van der Waals surface area (Å²) in [6, 6.07) is 1.53. The third kappa shape index (κ3) is 4.26. The average Bonchev–Trinajstić information content (AvgIpc) is 2.64. The molecule has 2 N–H and O–H groups in total. The summed E-state index contributed by atoms with van der Waals surface area (Å²) in [6.45, 7) is 5.57. The molecule has 94 valence electrons. The van der Waals surface area contributed by atoms with Gasteiger partial charge in [0.25, 0.3) is 0 Å². The quantitative estimate of drug-likeness (QED) is 0.774. The highest BCUT2D eigenvalue weighted by Gasteiger charge is 2.17. The second kappa shape index (κ2) is 6.03. The van der Waals surface area contributed by atoms with Crippen LogP contribution >= 0.6 is 0 Å². The molecule has 1 aromatic rings. The van der Waals surface area contributed by atoms with Gasteiger partial charge in [-0.05, 0) is 20.3 Å². The molecule has 0 bridgehead atoms. The van der Waals surface area contributed by atoms with Crippen LogP contribution in [-0.4, -0.2) is 23.0 Å². The molecule has 0 aliphatic rings. The predicted molar refractivity (Wildman–Crippen MR) is 62.4 cm³/mol. The first-order chi connectivity index (χ1) is 8.02. The summed E-state index contributed by atoms with van der Waals surface area (Å²) in [5.41, 5.74) is 0. The number of aryl methyl sites for hydroxylation is 1. The van der Waals surface area contributed by atoms with E-state index in [0.717, 1.165) is 12.8 Å². The van der Waals surface area contributed by atoms with E-state index >= 15 is 0 Å². The number of nitrogens with zero attached hydrogens (tertiary/aromatic N) is 1. The first-order valence-electron chi connectivity index (χ1n) is 5.58. The van der Waals surface area contributed by atoms with Crippen molar-refractivity contribution in [3.63, 3.8) is 0 Å². The molecule has 2 amide bonds. The van der Waals surface area contributed by atoms with Crippen LogP contribution < -0.4 is 10.6 Å². The third-order valence-electron chi connectivity index (χ3n) is 2.17. The number of amides is 2. The maximum atomic E-state index is 11.5. The molecule has 1 unspecified atom stereocenters. The molecule has 0 aliphatic carbocycles. The van der Waals surface area contributed by atoms with Crippen LogP contribution in [0.1, 0.15) is 32.4 Å². The van der Waals surface area contributed by atoms with Crippen molar-refractivity contribution in [2.45, 2.75) is 39.7 Å². The number of hydrogen-bond acceptors (Lipinski definition) is 4. The molecule has 0 fully saturated rings. The summed E-state index contributed by atoms with van der Waals surface area (Å²) in [6.07, 6.45) is 1.79. The minimum Gasteiger partial charge on any atom is -0.360 e. The van der Waals surface area contributed by atoms with Crippen molar-refractivity contribution < 1.29 is 14.1 Å². The van der Waals surface area contributed by atoms with E-state index in [0.29, 0.717) is 5.76 Å². The molecular weight excluding hydrogens is 222 g/mol. The zero-order valence-electron chi connectivity index (χ0n) is 10.2. The maximum absolute atomic E-state index is 11.5. The zero-order valence-corrected chi connectivity index (χ0v) is 10.2. The molecule has 1 heterocycles. The van der Waals surface area contributed by atoms with Gasteiger partial charge in [0.15, 0.2) is 5.82 Å². The molecule has 0 saturated heterocycles. The van der Waals surface area contributed by atoms with Gasteiger partial charge in [-0.2, -0.15) is 0 Å². The molecule has 1 rings (SSSR count). The Morgan fingerprint density at radius 1 is 1.47 bits per heavy atom. The van der Waals surface area contributed by atoms with Crippen LogP contribution in [0.15, 0.2) is 10.6 Å². The molecule has 1 aromatic heterocycles. The van der Waals surface area contributed by atoms with E-state index in [-0.39, 0.29) is 11.9 Å². The molecular formula is C11H17N3O3. The van der Waals surface area contributed by atoms with Gasteiger partial charge in [0.1, 0.15) is 5.76 Å². The fourth-order valence-electron chi connectivity index (χ4n) is 1.39. The molecule has 1 atom stereocenters. The van der Waals surface area contributed by atoms with Crippen molar-refractivity contribution in [1.82, 2.24) is 10.5 Å². The molecule has 0 aromatic carbocycles. The molecule has 0 aliphatic heterocycles. The second-order valence-corrected chi connectivity index (χ2v) is 3.94. The number of anilines is 1. The summed E-state index contributed by atoms with van der Waals surface area (Å²) < 4.78 is 4.77. The number of nitrogens with one attached hydrogen (secondary N) is 2. The minimum atomic E-state index is -0.735. The van der Waals surface area contributed by atoms with Gasteiger partial charge < -0.3 is 9.84 Å². The van der Waals surface area contributed by atoms with Crippen molar-refractivity contribution >= 4 is 17.6 Å². The number of carbonyl (C=O) groups is 2. The number of hydrogen-bond donors (Lipinski definition) is 2. The smallest absolute Gasteiger partial charge is 0.314 e. The summed E-state index contributed by atoms with van der Waals surface area (Å²) in [5.74, 6) is -0.585. The molecule has 0 saturated carbocycles. The highest BCUT2D eigenvalue weighted by atomic mass is 16.5. The minimum absolute atomic E-state index is 0.0164. The molecule has 0 spiro atoms. The van der Waals surface area contributed by atoms with Crippen LogP contribution in [0.5, 0.6) is 0 Å². The van der Waals surface area contributed by atoms with Gasteiger partial charge in [0, 0.05) is 12.1 Å². The Balaban J connectivity index is 2.44. The monoisotopic (exact) mass is 239 g/mol. The van der Waals surface area contributed by atoms with Crippen LogP contribution in [0.2, 0.25) is 0 Å². The Hall–Kier alpha value is -1.85. The van der Waals surface area contributed by atoms with Crippen molar-refractivity contribution in [2.24, 2.45) is 0 Å². The van der Waals surface area contributed by atoms with E-state index in [2.05, 4.69) is 15.8 Å². The summed E-state index contributed by atoms with van der Waals surface area (Å²) in [7, 11) is 0. The molecule has 6 nitrogen and oxygen atoms in total. The van der Waals surface area contributed by atoms with E-state index in [4.69, 9.17) is 4.52 Å². The van der Waals surface area contributed by atoms with E-state index in [1.165, 1.54) is 0 Å². The SMILES string of the molecule is CCCC(C)NC(=O)C(=O)Nc1cc(C)on1. The average molecular weight is 239 g/mol. The van der Waals surface area contributed by atoms with Gasteiger partial charge in [-0.25, -0.2) is 0 Å². The topological polar surface area (TPSA) is 84.2 Å². The van der Waals surface area contributed by atoms with Crippen molar-refractivity contribution in [3.8, 4) is 0 Å². The second-order valence-electron chi connectivity index (χ2n) is 3.94. The Kier molecular flexibility index (Phi) is 4.68. The number of aromatic nitrogens is 1. The summed E-state index contributed by atoms with van der Waals surface area (Å²) >= 11 is 0. The van der Waals surface area contributed by atoms with Gasteiger partial charge in [0.05, 0.1) is 0 Å². The number of carbonyl (C=O) groups excluding carboxylic acids is 2. The Bertz CT molecular complexity index is 400. The molecule has 0 radical (unpaired) electrons. The first kappa shape index (κ1) is 13.2. The third-order valence-corrected chi connectivity index (χ3v) is 2.17. The first-order valence-corrected chi connectivity index (χ1v) is 5.58. The van der Waals surface area contributed by atoms with Crippen molar-refractivity contribution in [1.29, 1.82) is 0 Å². The van der Waals surface area contributed by atoms with E-state index in [1.54, 1.807) is 13.0 Å². The lowest BCUT2D eigenvalue weighted by molar-refractivity contribution is -0.136. The standard InChI is InChI=1S/C11H17N3O3/c1-4-5-7(2)12-10(15)11(16)13-9-6-8(3)17-14-9/h6-7H,4-5H2,1-3H3,(H,12,15)(H,13,14,16). The van der Waals surface area contributed by atoms with Crippen molar-refractivity contribution in [2.75, 3.05) is 5.32 Å². The van der Waals surface area contributed by atoms with Crippen LogP contribution in [0.25, 0.3) is 0 Å². The maximum Gasteiger partial charge on any atom is 0.314 e. The van der Waals surface area contributed by atoms with Crippen molar-refractivity contribution in [3.05, 3.63) is 11.8 Å². The van der Waals surface area contributed by atoms with Crippen LogP contribution in [0.4, 0.5) is 5.82 Å². The Labute approximate surface area is 99.7 Å². The number of rotatable bonds is 4. The fraction of sp³-hybridized carbons (Fsp3) is 0.545. The normalized spacial score (nSPS) is 11.9. The van der Waals surface area contributed by atoms with E-state index in [1.807, 2.05) is 13.8 Å². The molecule has 17 heavy (non-hydrogen) atoms. The van der Waals surface area contributed by atoms with E-state index in [9.17, 15) is 9.59 Å². The lowest BCUT2D eigenvalue weighted by Gasteiger charge is -2.11. The van der Waals surface area contributed by atoms with Gasteiger partial charge in [-0.15, -0.1) is 0 Å². The van der Waals surface area contributed by atoms with Gasteiger partial charge in [-0.1, -0.05) is 18.5 Å². The highest BCUT2D eigenvalue weighted by Crippen LogP contribution is 2.06. The van der Waals surface area contributed by atoms with E-state index < -0.39 is 11.8 Å². The van der Waals surface area contributed by atoms with Crippen LogP contribution in [0.3, 0.4) is 0 Å². The lowest BCUT2D eigenvalue weighted by atomic mass is 10.2. The highest BCUT2D eigenvalue weighted by molar-refractivity contribution is 6.39. The van der Waals surface area contributed by atoms with Gasteiger partial charge >= 0.3 is 11.8 Å². The molecule has 6 heteroatoms. The fourth-order valence-corrected chi connectivity index (χ4v) is 1.39. The zero-order chi connectivity index (χ0) is 12.8. The summed E-state index contributed by atoms with van der Waals surface area (Å²) in [4.78, 5) is 22.9. The van der Waals surface area contributed by atoms with Gasteiger partial charge in [-0.3, -0.25) is 14.9 Å². The lowest BCUT2D eigenvalue weighted by Crippen LogP contribution is -2.40. The van der Waals surface area contributed by atoms with Gasteiger partial charge in [0.2, 0.25) is 0 Å². The Morgan fingerprint density at radius 2 is 2.18 bits per heavy atom. The predicted octanol–water partition coefficient (Wildman–Crippen LogP) is 1.23. The van der Waals surface area contributed by atoms with Crippen LogP contribution in [0, 0.1) is 6.92 Å². The van der Waals surface area contributed by atoms with Crippen LogP contribution in [-0.2, 0) is 9.59 Å².